The molecule has 0 aromatic heterocycles. The van der Waals surface area contributed by atoms with Crippen molar-refractivity contribution in [2.75, 3.05) is 11.4 Å². The highest BCUT2D eigenvalue weighted by molar-refractivity contribution is 7.89. The fraction of sp³-hybridized carbons (Fsp3) is 0.483. The van der Waals surface area contributed by atoms with Gasteiger partial charge in [0.05, 0.1) is 22.4 Å². The highest BCUT2D eigenvalue weighted by atomic mass is 32.2. The molecule has 38 heavy (non-hydrogen) atoms. The number of nitrogens with zero attached hydrogens (tertiary/aromatic N) is 2. The third kappa shape index (κ3) is 4.45. The number of hydrogen-bond acceptors (Lipinski definition) is 5. The summed E-state index contributed by atoms with van der Waals surface area (Å²) in [6.07, 6.45) is 6.79. The summed E-state index contributed by atoms with van der Waals surface area (Å²) in [4.78, 5) is 44.0. The zero-order chi connectivity index (χ0) is 26.7. The maximum atomic E-state index is 14.4. The van der Waals surface area contributed by atoms with E-state index in [2.05, 4.69) is 0 Å². The van der Waals surface area contributed by atoms with Crippen molar-refractivity contribution in [2.45, 2.75) is 62.3 Å². The minimum absolute atomic E-state index is 0.0325. The molecular weight excluding hydrogens is 502 g/mol. The lowest BCUT2D eigenvalue weighted by Gasteiger charge is -2.57. The van der Waals surface area contributed by atoms with Crippen molar-refractivity contribution in [1.29, 1.82) is 0 Å². The molecule has 5 aliphatic rings. The first-order valence-electron chi connectivity index (χ1n) is 13.5. The quantitative estimate of drug-likeness (QED) is 0.546. The van der Waals surface area contributed by atoms with Crippen molar-refractivity contribution in [2.24, 2.45) is 28.3 Å². The maximum Gasteiger partial charge on any atom is 0.257 e. The van der Waals surface area contributed by atoms with Gasteiger partial charge in [0.2, 0.25) is 21.8 Å². The average molecular weight is 536 g/mol. The molecular formula is C29H33N3O5S. The van der Waals surface area contributed by atoms with Crippen LogP contribution in [0.4, 0.5) is 5.69 Å². The van der Waals surface area contributed by atoms with Gasteiger partial charge in [0.15, 0.2) is 0 Å². The second kappa shape index (κ2) is 9.31. The Labute approximate surface area is 223 Å². The molecule has 2 aromatic rings. The highest BCUT2D eigenvalue weighted by Crippen LogP contribution is 2.60. The lowest BCUT2D eigenvalue weighted by atomic mass is 9.49. The topological polar surface area (TPSA) is 118 Å². The smallest absolute Gasteiger partial charge is 0.257 e. The normalized spacial score (nSPS) is 30.2. The Hall–Kier alpha value is -3.04. The predicted molar refractivity (Wildman–Crippen MR) is 141 cm³/mol. The zero-order valence-electron chi connectivity index (χ0n) is 21.3. The summed E-state index contributed by atoms with van der Waals surface area (Å²) in [6.45, 7) is 0.368. The van der Waals surface area contributed by atoms with Crippen molar-refractivity contribution < 1.29 is 22.8 Å². The van der Waals surface area contributed by atoms with Crippen LogP contribution in [0.25, 0.3) is 0 Å². The number of carbonyl (C=O) groups is 3. The number of anilines is 1. The number of hydrogen-bond donors (Lipinski definition) is 1. The van der Waals surface area contributed by atoms with E-state index in [4.69, 9.17) is 5.14 Å². The van der Waals surface area contributed by atoms with Crippen molar-refractivity contribution in [3.8, 4) is 0 Å². The summed E-state index contributed by atoms with van der Waals surface area (Å²) in [7, 11) is -3.90. The number of sulfonamides is 1. The van der Waals surface area contributed by atoms with E-state index in [0.717, 1.165) is 29.7 Å². The van der Waals surface area contributed by atoms with Gasteiger partial charge in [-0.15, -0.1) is 0 Å². The Morgan fingerprint density at radius 2 is 1.50 bits per heavy atom. The van der Waals surface area contributed by atoms with E-state index in [9.17, 15) is 22.8 Å². The van der Waals surface area contributed by atoms with Gasteiger partial charge in [0.1, 0.15) is 6.04 Å². The molecule has 8 nitrogen and oxygen atoms in total. The molecule has 1 heterocycles. The highest BCUT2D eigenvalue weighted by Gasteiger charge is 2.57. The molecule has 0 radical (unpaired) electrons. The van der Waals surface area contributed by atoms with Gasteiger partial charge in [0.25, 0.3) is 5.91 Å². The second-order valence-corrected chi connectivity index (χ2v) is 13.3. The third-order valence-corrected chi connectivity index (χ3v) is 10.1. The van der Waals surface area contributed by atoms with E-state index in [0.29, 0.717) is 30.7 Å². The van der Waals surface area contributed by atoms with Gasteiger partial charge in [-0.3, -0.25) is 14.4 Å². The van der Waals surface area contributed by atoms with Crippen molar-refractivity contribution in [3.05, 3.63) is 60.2 Å². The summed E-state index contributed by atoms with van der Waals surface area (Å²) in [5.74, 6) is 0.934. The Morgan fingerprint density at radius 3 is 2.05 bits per heavy atom. The minimum Gasteiger partial charge on any atom is -0.329 e. The number of nitrogens with two attached hydrogens (primary N) is 1. The Morgan fingerprint density at radius 1 is 0.921 bits per heavy atom. The SMILES string of the molecule is NS(=O)(=O)c1ccc(N2C(=O)CC(N(CCc3ccccc3)C(=O)C34CC5CC(CC(C5)C3)C4)C2=O)cc1. The summed E-state index contributed by atoms with van der Waals surface area (Å²) in [5.41, 5.74) is 0.919. The molecule has 2 aromatic carbocycles. The first kappa shape index (κ1) is 25.2. The van der Waals surface area contributed by atoms with Crippen LogP contribution in [-0.2, 0) is 30.8 Å². The van der Waals surface area contributed by atoms with Crippen LogP contribution in [-0.4, -0.2) is 43.6 Å². The molecule has 1 atom stereocenters. The van der Waals surface area contributed by atoms with Crippen LogP contribution >= 0.6 is 0 Å². The van der Waals surface area contributed by atoms with Gasteiger partial charge in [-0.05, 0) is 92.5 Å². The number of amides is 3. The Bertz CT molecular complexity index is 1340. The van der Waals surface area contributed by atoms with Crippen LogP contribution in [0, 0.1) is 23.2 Å². The Kier molecular flexibility index (Phi) is 6.18. The Balaban J connectivity index is 1.30. The number of benzene rings is 2. The molecule has 1 aliphatic heterocycles. The van der Waals surface area contributed by atoms with Gasteiger partial charge >= 0.3 is 0 Å². The molecule has 1 unspecified atom stereocenters. The second-order valence-electron chi connectivity index (χ2n) is 11.8. The third-order valence-electron chi connectivity index (χ3n) is 9.16. The molecule has 3 amide bonds. The number of rotatable bonds is 7. The predicted octanol–water partition coefficient (Wildman–Crippen LogP) is 3.25. The molecule has 1 saturated heterocycles. The molecule has 4 aliphatic carbocycles. The van der Waals surface area contributed by atoms with E-state index < -0.39 is 33.3 Å². The van der Waals surface area contributed by atoms with Crippen molar-refractivity contribution in [3.63, 3.8) is 0 Å². The average Bonchev–Trinajstić information content (AvgIpc) is 3.17. The molecule has 4 saturated carbocycles. The standard InChI is InChI=1S/C29H33N3O5S/c30-38(36,37)24-8-6-23(7-9-24)32-26(33)15-25(27(32)34)31(11-10-19-4-2-1-3-5-19)28(35)29-16-20-12-21(17-29)14-22(13-20)18-29/h1-9,20-22,25H,10-18H2,(H2,30,36,37). The molecule has 2 N–H and O–H groups in total. The fourth-order valence-corrected chi connectivity index (χ4v) is 8.40. The molecule has 0 spiro atoms. The van der Waals surface area contributed by atoms with Crippen LogP contribution in [0.15, 0.2) is 59.5 Å². The van der Waals surface area contributed by atoms with E-state index in [1.807, 2.05) is 30.3 Å². The van der Waals surface area contributed by atoms with Crippen LogP contribution in [0.5, 0.6) is 0 Å². The van der Waals surface area contributed by atoms with E-state index in [-0.39, 0.29) is 22.9 Å². The van der Waals surface area contributed by atoms with Crippen LogP contribution in [0.3, 0.4) is 0 Å². The zero-order valence-corrected chi connectivity index (χ0v) is 22.1. The van der Waals surface area contributed by atoms with Crippen molar-refractivity contribution in [1.82, 2.24) is 4.90 Å². The minimum atomic E-state index is -3.90. The van der Waals surface area contributed by atoms with Crippen LogP contribution < -0.4 is 10.0 Å². The van der Waals surface area contributed by atoms with E-state index >= 15 is 0 Å². The first-order chi connectivity index (χ1) is 18.1. The monoisotopic (exact) mass is 535 g/mol. The molecule has 5 fully saturated rings. The molecule has 9 heteroatoms. The summed E-state index contributed by atoms with van der Waals surface area (Å²) in [5, 5.41) is 5.20. The lowest BCUT2D eigenvalue weighted by molar-refractivity contribution is -0.161. The van der Waals surface area contributed by atoms with Crippen LogP contribution in [0.1, 0.15) is 50.5 Å². The van der Waals surface area contributed by atoms with Gasteiger partial charge in [0, 0.05) is 6.54 Å². The summed E-state index contributed by atoms with van der Waals surface area (Å²) in [6, 6.07) is 14.4. The van der Waals surface area contributed by atoms with Gasteiger partial charge in [-0.2, -0.15) is 0 Å². The van der Waals surface area contributed by atoms with E-state index in [1.54, 1.807) is 4.90 Å². The number of primary sulfonamides is 1. The summed E-state index contributed by atoms with van der Waals surface area (Å²) >= 11 is 0. The van der Waals surface area contributed by atoms with Gasteiger partial charge in [-0.25, -0.2) is 18.5 Å². The largest absolute Gasteiger partial charge is 0.329 e. The summed E-state index contributed by atoms with van der Waals surface area (Å²) < 4.78 is 23.3. The van der Waals surface area contributed by atoms with Crippen LogP contribution in [0.2, 0.25) is 0 Å². The maximum absolute atomic E-state index is 14.4. The molecule has 200 valence electrons. The van der Waals surface area contributed by atoms with E-state index in [1.165, 1.54) is 43.5 Å². The first-order valence-corrected chi connectivity index (χ1v) is 15.0. The fourth-order valence-electron chi connectivity index (χ4n) is 7.89. The number of carbonyl (C=O) groups excluding carboxylic acids is 3. The molecule has 4 bridgehead atoms. The number of imide groups is 1. The molecule has 7 rings (SSSR count). The van der Waals surface area contributed by atoms with Gasteiger partial charge in [-0.1, -0.05) is 30.3 Å². The van der Waals surface area contributed by atoms with Crippen molar-refractivity contribution >= 4 is 33.4 Å². The lowest BCUT2D eigenvalue weighted by Crippen LogP contribution is -2.58. The van der Waals surface area contributed by atoms with Gasteiger partial charge < -0.3 is 4.90 Å².